The van der Waals surface area contributed by atoms with Gasteiger partial charge in [0.15, 0.2) is 0 Å². The van der Waals surface area contributed by atoms with Gasteiger partial charge in [0.1, 0.15) is 5.82 Å². The first kappa shape index (κ1) is 8.99. The van der Waals surface area contributed by atoms with Gasteiger partial charge in [-0.3, -0.25) is 4.79 Å². The Morgan fingerprint density at radius 1 is 1.64 bits per heavy atom. The Balaban J connectivity index is 2.21. The lowest BCUT2D eigenvalue weighted by Crippen LogP contribution is -2.29. The molecule has 0 aliphatic heterocycles. The van der Waals surface area contributed by atoms with Gasteiger partial charge in [-0.15, -0.1) is 0 Å². The first-order valence-electron chi connectivity index (χ1n) is 4.68. The summed E-state index contributed by atoms with van der Waals surface area (Å²) in [4.78, 5) is 17.5. The zero-order chi connectivity index (χ0) is 10.1. The number of hydrogen-bond acceptors (Lipinski definition) is 3. The van der Waals surface area contributed by atoms with Crippen molar-refractivity contribution in [1.82, 2.24) is 9.88 Å². The highest BCUT2D eigenvalue weighted by Gasteiger charge is 2.30. The number of aromatic nitrogens is 1. The van der Waals surface area contributed by atoms with Gasteiger partial charge in [0.2, 0.25) is 0 Å². The molecular formula is C10H13N3O. The van der Waals surface area contributed by atoms with Crippen molar-refractivity contribution in [1.29, 1.82) is 0 Å². The molecule has 0 radical (unpaired) electrons. The number of nitrogen functional groups attached to an aromatic ring is 1. The van der Waals surface area contributed by atoms with Gasteiger partial charge >= 0.3 is 0 Å². The minimum atomic E-state index is -0.0295. The lowest BCUT2D eigenvalue weighted by atomic mass is 10.2. The van der Waals surface area contributed by atoms with E-state index >= 15 is 0 Å². The van der Waals surface area contributed by atoms with E-state index in [-0.39, 0.29) is 5.91 Å². The SMILES string of the molecule is CN(C(=O)c1cccnc1N)C1CC1. The highest BCUT2D eigenvalue weighted by atomic mass is 16.2. The summed E-state index contributed by atoms with van der Waals surface area (Å²) in [5.74, 6) is 0.281. The van der Waals surface area contributed by atoms with Gasteiger partial charge in [-0.2, -0.15) is 0 Å². The van der Waals surface area contributed by atoms with E-state index in [2.05, 4.69) is 4.98 Å². The van der Waals surface area contributed by atoms with Crippen LogP contribution in [0.3, 0.4) is 0 Å². The Hall–Kier alpha value is -1.58. The van der Waals surface area contributed by atoms with Crippen molar-refractivity contribution in [2.45, 2.75) is 18.9 Å². The zero-order valence-corrected chi connectivity index (χ0v) is 8.10. The highest BCUT2D eigenvalue weighted by Crippen LogP contribution is 2.27. The Kier molecular flexibility index (Phi) is 2.11. The fraction of sp³-hybridized carbons (Fsp3) is 0.400. The maximum Gasteiger partial charge on any atom is 0.257 e. The zero-order valence-electron chi connectivity index (χ0n) is 8.10. The van der Waals surface area contributed by atoms with Gasteiger partial charge in [-0.05, 0) is 25.0 Å². The normalized spacial score (nSPS) is 15.2. The second kappa shape index (κ2) is 3.29. The lowest BCUT2D eigenvalue weighted by Gasteiger charge is -2.16. The number of carbonyl (C=O) groups excluding carboxylic acids is 1. The number of nitrogens with two attached hydrogens (primary N) is 1. The molecule has 0 saturated heterocycles. The lowest BCUT2D eigenvalue weighted by molar-refractivity contribution is 0.0786. The number of hydrogen-bond donors (Lipinski definition) is 1. The van der Waals surface area contributed by atoms with Crippen molar-refractivity contribution in [3.8, 4) is 0 Å². The van der Waals surface area contributed by atoms with Crippen LogP contribution >= 0.6 is 0 Å². The van der Waals surface area contributed by atoms with Crippen LogP contribution in [0, 0.1) is 0 Å². The molecule has 1 aromatic rings. The van der Waals surface area contributed by atoms with Gasteiger partial charge in [-0.25, -0.2) is 4.98 Å². The van der Waals surface area contributed by atoms with E-state index in [1.807, 2.05) is 7.05 Å². The molecule has 1 aliphatic rings. The van der Waals surface area contributed by atoms with E-state index in [0.717, 1.165) is 12.8 Å². The van der Waals surface area contributed by atoms with Crippen LogP contribution < -0.4 is 5.73 Å². The molecule has 4 nitrogen and oxygen atoms in total. The van der Waals surface area contributed by atoms with E-state index in [9.17, 15) is 4.79 Å². The summed E-state index contributed by atoms with van der Waals surface area (Å²) in [5, 5.41) is 0. The topological polar surface area (TPSA) is 59.2 Å². The predicted octanol–water partition coefficient (Wildman–Crippen LogP) is 0.898. The van der Waals surface area contributed by atoms with E-state index in [1.165, 1.54) is 0 Å². The molecule has 1 aromatic heterocycles. The molecule has 4 heteroatoms. The molecule has 0 unspecified atom stereocenters. The average molecular weight is 191 g/mol. The highest BCUT2D eigenvalue weighted by molar-refractivity contribution is 5.98. The van der Waals surface area contributed by atoms with Crippen LogP contribution in [0.25, 0.3) is 0 Å². The van der Waals surface area contributed by atoms with E-state index in [1.54, 1.807) is 23.2 Å². The fourth-order valence-electron chi connectivity index (χ4n) is 1.42. The van der Waals surface area contributed by atoms with Crippen LogP contribution in [0.1, 0.15) is 23.2 Å². The molecule has 0 atom stereocenters. The van der Waals surface area contributed by atoms with Gasteiger partial charge in [0, 0.05) is 19.3 Å². The summed E-state index contributed by atoms with van der Waals surface area (Å²) in [6, 6.07) is 3.84. The average Bonchev–Trinajstić information content (AvgIpc) is 3.00. The van der Waals surface area contributed by atoms with Crippen LogP contribution in [0.5, 0.6) is 0 Å². The molecule has 2 N–H and O–H groups in total. The minimum Gasteiger partial charge on any atom is -0.383 e. The Bertz CT molecular complexity index is 360. The van der Waals surface area contributed by atoms with E-state index in [4.69, 9.17) is 5.73 Å². The standard InChI is InChI=1S/C10H13N3O/c1-13(7-4-5-7)10(14)8-3-2-6-12-9(8)11/h2-3,6-7H,4-5H2,1H3,(H2,11,12). The molecule has 14 heavy (non-hydrogen) atoms. The molecule has 1 aliphatic carbocycles. The molecule has 1 saturated carbocycles. The van der Waals surface area contributed by atoms with Gasteiger partial charge in [0.05, 0.1) is 5.56 Å². The quantitative estimate of drug-likeness (QED) is 0.755. The summed E-state index contributed by atoms with van der Waals surface area (Å²) in [7, 11) is 1.81. The molecule has 74 valence electrons. The van der Waals surface area contributed by atoms with Crippen LogP contribution in [0.2, 0.25) is 0 Å². The summed E-state index contributed by atoms with van der Waals surface area (Å²) in [5.41, 5.74) is 6.12. The Labute approximate surface area is 82.7 Å². The van der Waals surface area contributed by atoms with Gasteiger partial charge in [0.25, 0.3) is 5.91 Å². The van der Waals surface area contributed by atoms with Crippen molar-refractivity contribution in [2.24, 2.45) is 0 Å². The molecule has 1 heterocycles. The molecule has 0 spiro atoms. The van der Waals surface area contributed by atoms with Crippen molar-refractivity contribution in [3.05, 3.63) is 23.9 Å². The van der Waals surface area contributed by atoms with Crippen molar-refractivity contribution in [2.75, 3.05) is 12.8 Å². The van der Waals surface area contributed by atoms with Crippen LogP contribution in [0.4, 0.5) is 5.82 Å². The van der Waals surface area contributed by atoms with E-state index in [0.29, 0.717) is 17.4 Å². The second-order valence-corrected chi connectivity index (χ2v) is 3.58. The summed E-state index contributed by atoms with van der Waals surface area (Å²) >= 11 is 0. The number of anilines is 1. The number of nitrogens with zero attached hydrogens (tertiary/aromatic N) is 2. The molecule has 1 amide bonds. The monoisotopic (exact) mass is 191 g/mol. The number of pyridine rings is 1. The van der Waals surface area contributed by atoms with Crippen molar-refractivity contribution in [3.63, 3.8) is 0 Å². The van der Waals surface area contributed by atoms with Crippen LogP contribution in [-0.4, -0.2) is 28.9 Å². The summed E-state index contributed by atoms with van der Waals surface area (Å²) < 4.78 is 0. The Morgan fingerprint density at radius 3 is 2.93 bits per heavy atom. The fourth-order valence-corrected chi connectivity index (χ4v) is 1.42. The molecular weight excluding hydrogens is 178 g/mol. The number of rotatable bonds is 2. The molecule has 1 fully saturated rings. The predicted molar refractivity (Wildman–Crippen MR) is 53.8 cm³/mol. The first-order chi connectivity index (χ1) is 6.70. The number of amides is 1. The van der Waals surface area contributed by atoms with Gasteiger partial charge in [-0.1, -0.05) is 0 Å². The van der Waals surface area contributed by atoms with Crippen LogP contribution in [0.15, 0.2) is 18.3 Å². The first-order valence-corrected chi connectivity index (χ1v) is 4.68. The summed E-state index contributed by atoms with van der Waals surface area (Å²) in [6.07, 6.45) is 3.79. The third-order valence-corrected chi connectivity index (χ3v) is 2.48. The Morgan fingerprint density at radius 2 is 2.36 bits per heavy atom. The van der Waals surface area contributed by atoms with Gasteiger partial charge < -0.3 is 10.6 Å². The smallest absolute Gasteiger partial charge is 0.257 e. The van der Waals surface area contributed by atoms with Crippen molar-refractivity contribution < 1.29 is 4.79 Å². The molecule has 2 rings (SSSR count). The third kappa shape index (κ3) is 1.55. The minimum absolute atomic E-state index is 0.0295. The number of carbonyl (C=O) groups is 1. The largest absolute Gasteiger partial charge is 0.383 e. The van der Waals surface area contributed by atoms with E-state index < -0.39 is 0 Å². The molecule has 0 aromatic carbocycles. The molecule has 0 bridgehead atoms. The van der Waals surface area contributed by atoms with Crippen LogP contribution in [-0.2, 0) is 0 Å². The summed E-state index contributed by atoms with van der Waals surface area (Å²) in [6.45, 7) is 0. The maximum atomic E-state index is 11.9. The second-order valence-electron chi connectivity index (χ2n) is 3.58. The maximum absolute atomic E-state index is 11.9. The third-order valence-electron chi connectivity index (χ3n) is 2.48. The van der Waals surface area contributed by atoms with Crippen molar-refractivity contribution >= 4 is 11.7 Å².